The lowest BCUT2D eigenvalue weighted by Crippen LogP contribution is -2.18. The monoisotopic (exact) mass is 172 g/mol. The van der Waals surface area contributed by atoms with E-state index in [0.717, 1.165) is 11.4 Å². The molecule has 11 heavy (non-hydrogen) atoms. The average molecular weight is 172 g/mol. The van der Waals surface area contributed by atoms with E-state index in [-0.39, 0.29) is 0 Å². The Labute approximate surface area is 71.0 Å². The summed E-state index contributed by atoms with van der Waals surface area (Å²) in [5, 5.41) is 4.09. The molecule has 1 heterocycles. The largest absolute Gasteiger partial charge is 0.310 e. The van der Waals surface area contributed by atoms with E-state index in [1.54, 1.807) is 11.0 Å². The Morgan fingerprint density at radius 2 is 2.27 bits per heavy atom. The van der Waals surface area contributed by atoms with Crippen LogP contribution in [0.2, 0.25) is 0 Å². The number of nitrogens with zero attached hydrogens (tertiary/aromatic N) is 4. The fourth-order valence-corrected chi connectivity index (χ4v) is 0.938. The van der Waals surface area contributed by atoms with Crippen molar-refractivity contribution in [2.45, 2.75) is 6.67 Å². The summed E-state index contributed by atoms with van der Waals surface area (Å²) in [4.78, 5) is 2.02. The molecule has 5 heteroatoms. The minimum absolute atomic E-state index is 0.736. The predicted octanol–water partition coefficient (Wildman–Crippen LogP) is 0.470. The van der Waals surface area contributed by atoms with Crippen LogP contribution in [0.15, 0.2) is 6.33 Å². The summed E-state index contributed by atoms with van der Waals surface area (Å²) in [7, 11) is 5.86. The van der Waals surface area contributed by atoms with Crippen molar-refractivity contribution in [1.82, 2.24) is 19.2 Å². The zero-order chi connectivity index (χ0) is 8.43. The second kappa shape index (κ2) is 3.15. The normalized spacial score (nSPS) is 10.9. The minimum Gasteiger partial charge on any atom is -0.310 e. The minimum atomic E-state index is 0.736. The van der Waals surface area contributed by atoms with Crippen LogP contribution < -0.4 is 0 Å². The molecule has 0 aliphatic carbocycles. The first-order chi connectivity index (χ1) is 5.11. The lowest BCUT2D eigenvalue weighted by Gasteiger charge is -2.07. The zero-order valence-electron chi connectivity index (χ0n) is 6.98. The summed E-state index contributed by atoms with van der Waals surface area (Å²) in [5.74, 6) is 0. The summed E-state index contributed by atoms with van der Waals surface area (Å²) < 4.78 is 4.34. The van der Waals surface area contributed by atoms with E-state index in [4.69, 9.17) is 12.2 Å². The maximum absolute atomic E-state index is 5.08. The maximum Gasteiger partial charge on any atom is 0.198 e. The molecule has 0 aromatic carbocycles. The van der Waals surface area contributed by atoms with Crippen LogP contribution in [0.4, 0.5) is 0 Å². The molecule has 1 aromatic rings. The first kappa shape index (κ1) is 8.42. The molecule has 62 valence electrons. The molecule has 0 saturated carbocycles. The van der Waals surface area contributed by atoms with E-state index in [9.17, 15) is 0 Å². The highest BCUT2D eigenvalue weighted by atomic mass is 32.1. The molecule has 0 unspecified atom stereocenters. The van der Waals surface area contributed by atoms with Crippen LogP contribution in [0.3, 0.4) is 0 Å². The number of aromatic nitrogens is 3. The molecule has 0 atom stereocenters. The van der Waals surface area contributed by atoms with Crippen molar-refractivity contribution >= 4 is 12.2 Å². The second-order valence-corrected chi connectivity index (χ2v) is 3.11. The third-order valence-electron chi connectivity index (χ3n) is 1.30. The molecule has 0 saturated heterocycles. The summed E-state index contributed by atoms with van der Waals surface area (Å²) in [6.45, 7) is 0.736. The smallest absolute Gasteiger partial charge is 0.198 e. The maximum atomic E-state index is 5.08. The molecule has 0 radical (unpaired) electrons. The molecule has 1 rings (SSSR count). The van der Waals surface area contributed by atoms with Crippen molar-refractivity contribution in [1.29, 1.82) is 0 Å². The van der Waals surface area contributed by atoms with E-state index >= 15 is 0 Å². The van der Waals surface area contributed by atoms with Crippen molar-refractivity contribution in [2.24, 2.45) is 7.05 Å². The lowest BCUT2D eigenvalue weighted by atomic mass is 10.9. The SMILES string of the molecule is CN(C)Cn1ncn(C)c1=S. The molecule has 0 aliphatic rings. The van der Waals surface area contributed by atoms with Gasteiger partial charge in [-0.05, 0) is 26.3 Å². The van der Waals surface area contributed by atoms with Gasteiger partial charge in [-0.3, -0.25) is 4.90 Å². The van der Waals surface area contributed by atoms with Crippen LogP contribution in [0.25, 0.3) is 0 Å². The van der Waals surface area contributed by atoms with E-state index < -0.39 is 0 Å². The van der Waals surface area contributed by atoms with Gasteiger partial charge < -0.3 is 4.57 Å². The van der Waals surface area contributed by atoms with Gasteiger partial charge in [0.2, 0.25) is 0 Å². The molecule has 0 N–H and O–H groups in total. The van der Waals surface area contributed by atoms with E-state index in [2.05, 4.69) is 5.10 Å². The van der Waals surface area contributed by atoms with Crippen molar-refractivity contribution in [3.63, 3.8) is 0 Å². The van der Waals surface area contributed by atoms with Crippen LogP contribution in [-0.4, -0.2) is 33.3 Å². The molecule has 0 fully saturated rings. The first-order valence-electron chi connectivity index (χ1n) is 3.34. The van der Waals surface area contributed by atoms with E-state index in [0.29, 0.717) is 0 Å². The Balaban J connectivity index is 2.88. The molecule has 4 nitrogen and oxygen atoms in total. The quantitative estimate of drug-likeness (QED) is 0.607. The number of hydrogen-bond acceptors (Lipinski definition) is 3. The van der Waals surface area contributed by atoms with E-state index in [1.165, 1.54) is 0 Å². The Bertz CT molecular complexity index is 285. The van der Waals surface area contributed by atoms with Crippen molar-refractivity contribution in [3.8, 4) is 0 Å². The highest BCUT2D eigenvalue weighted by molar-refractivity contribution is 7.71. The third-order valence-corrected chi connectivity index (χ3v) is 1.80. The Kier molecular flexibility index (Phi) is 2.41. The molecule has 0 amide bonds. The van der Waals surface area contributed by atoms with Gasteiger partial charge in [0.05, 0.1) is 6.67 Å². The summed E-state index contributed by atoms with van der Waals surface area (Å²) >= 11 is 5.08. The average Bonchev–Trinajstić information content (AvgIpc) is 2.18. The van der Waals surface area contributed by atoms with Crippen molar-refractivity contribution in [2.75, 3.05) is 14.1 Å². The highest BCUT2D eigenvalue weighted by Crippen LogP contribution is 1.90. The number of hydrogen-bond donors (Lipinski definition) is 0. The van der Waals surface area contributed by atoms with Crippen molar-refractivity contribution in [3.05, 3.63) is 11.1 Å². The lowest BCUT2D eigenvalue weighted by molar-refractivity contribution is 0.303. The topological polar surface area (TPSA) is 26.0 Å². The van der Waals surface area contributed by atoms with Crippen LogP contribution >= 0.6 is 12.2 Å². The fourth-order valence-electron chi connectivity index (χ4n) is 0.786. The Morgan fingerprint density at radius 3 is 2.64 bits per heavy atom. The zero-order valence-corrected chi connectivity index (χ0v) is 7.80. The van der Waals surface area contributed by atoms with Gasteiger partial charge in [0.1, 0.15) is 6.33 Å². The highest BCUT2D eigenvalue weighted by Gasteiger charge is 1.97. The summed E-state index contributed by atoms with van der Waals surface area (Å²) in [6, 6.07) is 0. The van der Waals surface area contributed by atoms with Crippen LogP contribution in [0, 0.1) is 4.77 Å². The van der Waals surface area contributed by atoms with Crippen LogP contribution in [0.1, 0.15) is 0 Å². The van der Waals surface area contributed by atoms with Gasteiger partial charge in [-0.2, -0.15) is 5.10 Å². The van der Waals surface area contributed by atoms with Gasteiger partial charge in [-0.15, -0.1) is 0 Å². The van der Waals surface area contributed by atoms with Gasteiger partial charge in [0.15, 0.2) is 4.77 Å². The second-order valence-electron chi connectivity index (χ2n) is 2.75. The molecule has 0 spiro atoms. The van der Waals surface area contributed by atoms with E-state index in [1.807, 2.05) is 30.6 Å². The van der Waals surface area contributed by atoms with Crippen molar-refractivity contribution < 1.29 is 0 Å². The van der Waals surface area contributed by atoms with Gasteiger partial charge in [0.25, 0.3) is 0 Å². The standard InChI is InChI=1S/C6H12N4S/c1-8(2)5-10-6(11)9(3)4-7-10/h4H,5H2,1-3H3. The van der Waals surface area contributed by atoms with Gasteiger partial charge in [-0.1, -0.05) is 0 Å². The molecule has 1 aromatic heterocycles. The summed E-state index contributed by atoms with van der Waals surface area (Å²) in [6.07, 6.45) is 1.71. The fraction of sp³-hybridized carbons (Fsp3) is 0.667. The number of rotatable bonds is 2. The molecule has 0 aliphatic heterocycles. The third kappa shape index (κ3) is 1.87. The summed E-state index contributed by atoms with van der Waals surface area (Å²) in [5.41, 5.74) is 0. The van der Waals surface area contributed by atoms with Gasteiger partial charge in [-0.25, -0.2) is 4.68 Å². The molecular weight excluding hydrogens is 160 g/mol. The Morgan fingerprint density at radius 1 is 1.64 bits per heavy atom. The van der Waals surface area contributed by atoms with Gasteiger partial charge in [0, 0.05) is 7.05 Å². The van der Waals surface area contributed by atoms with Crippen LogP contribution in [0.5, 0.6) is 0 Å². The van der Waals surface area contributed by atoms with Gasteiger partial charge >= 0.3 is 0 Å². The molecular formula is C6H12N4S. The first-order valence-corrected chi connectivity index (χ1v) is 3.75. The van der Waals surface area contributed by atoms with Crippen LogP contribution in [-0.2, 0) is 13.7 Å². The number of aryl methyl sites for hydroxylation is 1. The Hall–Kier alpha value is -0.680. The molecule has 0 bridgehead atoms. The predicted molar refractivity (Wildman–Crippen MR) is 45.7 cm³/mol.